The van der Waals surface area contributed by atoms with Gasteiger partial charge in [-0.05, 0) is 57.9 Å². The first-order valence-electron chi connectivity index (χ1n) is 9.25. The van der Waals surface area contributed by atoms with E-state index in [0.717, 1.165) is 12.8 Å². The molecule has 7 heteroatoms. The molecule has 0 aliphatic rings. The Kier molecular flexibility index (Phi) is 8.85. The van der Waals surface area contributed by atoms with Gasteiger partial charge in [-0.2, -0.15) is 0 Å². The Morgan fingerprint density at radius 1 is 0.964 bits per heavy atom. The normalized spacial score (nSPS) is 12.2. The van der Waals surface area contributed by atoms with Crippen molar-refractivity contribution in [2.45, 2.75) is 52.1 Å². The van der Waals surface area contributed by atoms with Gasteiger partial charge in [0.1, 0.15) is 11.2 Å². The lowest BCUT2D eigenvalue weighted by Gasteiger charge is -2.22. The number of benzene rings is 1. The van der Waals surface area contributed by atoms with E-state index >= 15 is 0 Å². The second-order valence-corrected chi connectivity index (χ2v) is 7.39. The van der Waals surface area contributed by atoms with Gasteiger partial charge in [0, 0.05) is 12.1 Å². The molecule has 0 aromatic heterocycles. The van der Waals surface area contributed by atoms with Crippen LogP contribution in [0.25, 0.3) is 5.57 Å². The molecule has 0 atom stereocenters. The van der Waals surface area contributed by atoms with Crippen LogP contribution in [0.4, 0.5) is 5.69 Å². The Labute approximate surface area is 166 Å². The molecule has 154 valence electrons. The van der Waals surface area contributed by atoms with Crippen LogP contribution in [0.2, 0.25) is 0 Å². The summed E-state index contributed by atoms with van der Waals surface area (Å²) >= 11 is 0. The topological polar surface area (TPSA) is 122 Å². The summed E-state index contributed by atoms with van der Waals surface area (Å²) in [5.41, 5.74) is 10.8. The number of carbonyl (C=O) groups is 3. The number of Topliss-reactive ketones (excluding diaryl/α,β-unsaturated/α-hetero) is 1. The SMILES string of the molecule is COC(=O)C(C(=O)CCCCCN)=C(C(=O)OC(C)(C)C)c1ccc(N)cc1. The van der Waals surface area contributed by atoms with Crippen LogP contribution >= 0.6 is 0 Å². The minimum atomic E-state index is -0.874. The third-order valence-corrected chi connectivity index (χ3v) is 3.83. The molecule has 1 aromatic carbocycles. The summed E-state index contributed by atoms with van der Waals surface area (Å²) in [6.45, 7) is 5.65. The molecule has 0 bridgehead atoms. The number of hydrogen-bond acceptors (Lipinski definition) is 7. The van der Waals surface area contributed by atoms with Gasteiger partial charge in [-0.3, -0.25) is 4.79 Å². The van der Waals surface area contributed by atoms with Crippen molar-refractivity contribution in [3.8, 4) is 0 Å². The highest BCUT2D eigenvalue weighted by Crippen LogP contribution is 2.26. The second kappa shape index (κ2) is 10.6. The average Bonchev–Trinajstić information content (AvgIpc) is 2.62. The fourth-order valence-electron chi connectivity index (χ4n) is 2.53. The molecule has 1 rings (SSSR count). The Bertz CT molecular complexity index is 730. The van der Waals surface area contributed by atoms with Crippen LogP contribution in [0.3, 0.4) is 0 Å². The van der Waals surface area contributed by atoms with Gasteiger partial charge in [-0.25, -0.2) is 9.59 Å². The maximum absolute atomic E-state index is 12.9. The van der Waals surface area contributed by atoms with Gasteiger partial charge in [-0.15, -0.1) is 0 Å². The number of anilines is 1. The van der Waals surface area contributed by atoms with Gasteiger partial charge in [0.2, 0.25) is 0 Å². The molecule has 0 amide bonds. The van der Waals surface area contributed by atoms with E-state index in [0.29, 0.717) is 24.2 Å². The fraction of sp³-hybridized carbons (Fsp3) is 0.476. The van der Waals surface area contributed by atoms with Gasteiger partial charge in [0.05, 0.1) is 12.7 Å². The van der Waals surface area contributed by atoms with E-state index in [-0.39, 0.29) is 17.6 Å². The summed E-state index contributed by atoms with van der Waals surface area (Å²) in [5, 5.41) is 0. The van der Waals surface area contributed by atoms with Gasteiger partial charge in [0.25, 0.3) is 0 Å². The minimum Gasteiger partial charge on any atom is -0.465 e. The third-order valence-electron chi connectivity index (χ3n) is 3.83. The van der Waals surface area contributed by atoms with E-state index in [1.807, 2.05) is 0 Å². The van der Waals surface area contributed by atoms with E-state index in [4.69, 9.17) is 20.9 Å². The number of carbonyl (C=O) groups excluding carboxylic acids is 3. The summed E-state index contributed by atoms with van der Waals surface area (Å²) in [6, 6.07) is 6.30. The van der Waals surface area contributed by atoms with E-state index in [9.17, 15) is 14.4 Å². The molecule has 0 aliphatic carbocycles. The number of nitrogens with two attached hydrogens (primary N) is 2. The Balaban J connectivity index is 3.46. The van der Waals surface area contributed by atoms with Crippen molar-refractivity contribution in [1.29, 1.82) is 0 Å². The molecule has 7 nitrogen and oxygen atoms in total. The van der Waals surface area contributed by atoms with Crippen molar-refractivity contribution in [3.05, 3.63) is 35.4 Å². The first kappa shape index (κ1) is 23.4. The van der Waals surface area contributed by atoms with Crippen LogP contribution in [-0.2, 0) is 23.9 Å². The maximum Gasteiger partial charge on any atom is 0.342 e. The lowest BCUT2D eigenvalue weighted by atomic mass is 9.94. The highest BCUT2D eigenvalue weighted by atomic mass is 16.6. The summed E-state index contributed by atoms with van der Waals surface area (Å²) in [6.07, 6.45) is 2.19. The van der Waals surface area contributed by atoms with Crippen LogP contribution in [-0.4, -0.2) is 37.0 Å². The molecule has 28 heavy (non-hydrogen) atoms. The van der Waals surface area contributed by atoms with Crippen LogP contribution in [0.15, 0.2) is 29.8 Å². The van der Waals surface area contributed by atoms with Gasteiger partial charge in [0.15, 0.2) is 5.78 Å². The monoisotopic (exact) mass is 390 g/mol. The molecule has 1 aromatic rings. The zero-order valence-electron chi connectivity index (χ0n) is 17.0. The molecule has 0 spiro atoms. The highest BCUT2D eigenvalue weighted by Gasteiger charge is 2.31. The quantitative estimate of drug-likeness (QED) is 0.166. The summed E-state index contributed by atoms with van der Waals surface area (Å²) < 4.78 is 10.2. The molecular weight excluding hydrogens is 360 g/mol. The number of ketones is 1. The van der Waals surface area contributed by atoms with E-state index in [2.05, 4.69) is 0 Å². The van der Waals surface area contributed by atoms with Crippen molar-refractivity contribution >= 4 is 29.0 Å². The zero-order valence-corrected chi connectivity index (χ0v) is 17.0. The van der Waals surface area contributed by atoms with E-state index < -0.39 is 23.3 Å². The molecule has 0 radical (unpaired) electrons. The minimum absolute atomic E-state index is 0.103. The van der Waals surface area contributed by atoms with Crippen molar-refractivity contribution in [2.75, 3.05) is 19.4 Å². The van der Waals surface area contributed by atoms with Crippen LogP contribution in [0.1, 0.15) is 52.0 Å². The predicted octanol–water partition coefficient (Wildman–Crippen LogP) is 2.63. The summed E-state index contributed by atoms with van der Waals surface area (Å²) in [5.74, 6) is -2.11. The largest absolute Gasteiger partial charge is 0.465 e. The predicted molar refractivity (Wildman–Crippen MR) is 108 cm³/mol. The van der Waals surface area contributed by atoms with Gasteiger partial charge < -0.3 is 20.9 Å². The summed E-state index contributed by atoms with van der Waals surface area (Å²) in [4.78, 5) is 38.2. The molecule has 0 saturated heterocycles. The zero-order chi connectivity index (χ0) is 21.3. The number of unbranched alkanes of at least 4 members (excludes halogenated alkanes) is 2. The number of ether oxygens (including phenoxy) is 2. The highest BCUT2D eigenvalue weighted by molar-refractivity contribution is 6.33. The molecular formula is C21H30N2O5. The van der Waals surface area contributed by atoms with Crippen molar-refractivity contribution in [3.63, 3.8) is 0 Å². The molecule has 0 heterocycles. The smallest absolute Gasteiger partial charge is 0.342 e. The number of esters is 2. The van der Waals surface area contributed by atoms with Crippen molar-refractivity contribution in [1.82, 2.24) is 0 Å². The van der Waals surface area contributed by atoms with Crippen LogP contribution in [0.5, 0.6) is 0 Å². The second-order valence-electron chi connectivity index (χ2n) is 7.39. The van der Waals surface area contributed by atoms with Crippen LogP contribution in [0, 0.1) is 0 Å². The molecule has 0 unspecified atom stereocenters. The van der Waals surface area contributed by atoms with Gasteiger partial charge >= 0.3 is 11.9 Å². The standard InChI is InChI=1S/C21H30N2O5/c1-21(2,3)28-20(26)17(14-9-11-15(23)12-10-14)18(19(25)27-4)16(24)8-6-5-7-13-22/h9-12H,5-8,13,22-23H2,1-4H3. The average molecular weight is 390 g/mol. The first-order chi connectivity index (χ1) is 13.1. The lowest BCUT2D eigenvalue weighted by Crippen LogP contribution is -2.27. The van der Waals surface area contributed by atoms with E-state index in [1.54, 1.807) is 45.0 Å². The molecule has 4 N–H and O–H groups in total. The lowest BCUT2D eigenvalue weighted by molar-refractivity contribution is -0.148. The van der Waals surface area contributed by atoms with Crippen molar-refractivity contribution < 1.29 is 23.9 Å². The Morgan fingerprint density at radius 3 is 2.07 bits per heavy atom. The third kappa shape index (κ3) is 7.15. The summed E-state index contributed by atoms with van der Waals surface area (Å²) in [7, 11) is 1.17. The van der Waals surface area contributed by atoms with E-state index in [1.165, 1.54) is 7.11 Å². The number of rotatable bonds is 9. The Hall–Kier alpha value is -2.67. The van der Waals surface area contributed by atoms with Gasteiger partial charge in [-0.1, -0.05) is 18.6 Å². The number of methoxy groups -OCH3 is 1. The number of nitrogen functional groups attached to an aromatic ring is 1. The molecule has 0 aliphatic heterocycles. The molecule has 0 saturated carbocycles. The van der Waals surface area contributed by atoms with Crippen molar-refractivity contribution in [2.24, 2.45) is 5.73 Å². The first-order valence-corrected chi connectivity index (χ1v) is 9.25. The maximum atomic E-state index is 12.9. The molecule has 0 fully saturated rings. The Morgan fingerprint density at radius 2 is 1.57 bits per heavy atom. The number of hydrogen-bond donors (Lipinski definition) is 2. The van der Waals surface area contributed by atoms with Crippen LogP contribution < -0.4 is 11.5 Å². The fourth-order valence-corrected chi connectivity index (χ4v) is 2.53.